The van der Waals surface area contributed by atoms with E-state index in [1.165, 1.54) is 43.5 Å². The van der Waals surface area contributed by atoms with Crippen LogP contribution in [0.2, 0.25) is 5.02 Å². The lowest BCUT2D eigenvalue weighted by Crippen LogP contribution is -2.51. The van der Waals surface area contributed by atoms with Crippen molar-refractivity contribution >= 4 is 39.1 Å². The quantitative estimate of drug-likeness (QED) is 0.218. The molecule has 10 heteroatoms. The van der Waals surface area contributed by atoms with Gasteiger partial charge in [-0.05, 0) is 86.8 Å². The summed E-state index contributed by atoms with van der Waals surface area (Å²) in [5.41, 5.74) is 0.255. The summed E-state index contributed by atoms with van der Waals surface area (Å²) in [5.74, 6) is 1.54. The SMILES string of the molecule is C#Cc1c(F)ccc2cc(O)cc(-c3c(Cl)cc4c(N5CC6CCC(C5)N6)nc(OCC5(CN6CCCCC6)CC5)nc4c3F)c12. The van der Waals surface area contributed by atoms with Crippen molar-refractivity contribution in [3.05, 3.63) is 52.6 Å². The molecule has 4 heterocycles. The zero-order valence-electron chi connectivity index (χ0n) is 25.6. The predicted molar refractivity (Wildman–Crippen MR) is 177 cm³/mol. The minimum Gasteiger partial charge on any atom is -0.508 e. The first-order valence-electron chi connectivity index (χ1n) is 16.3. The summed E-state index contributed by atoms with van der Waals surface area (Å²) in [6.45, 7) is 5.14. The average molecular weight is 644 g/mol. The molecule has 3 aliphatic heterocycles. The van der Waals surface area contributed by atoms with Crippen LogP contribution in [0.25, 0.3) is 32.8 Å². The first kappa shape index (κ1) is 29.7. The molecule has 2 atom stereocenters. The summed E-state index contributed by atoms with van der Waals surface area (Å²) in [4.78, 5) is 14.3. The number of phenolic OH excluding ortho intramolecular Hbond substituents is 1. The van der Waals surface area contributed by atoms with Crippen LogP contribution in [0.5, 0.6) is 11.8 Å². The van der Waals surface area contributed by atoms with Crippen LogP contribution in [-0.4, -0.2) is 71.4 Å². The van der Waals surface area contributed by atoms with E-state index in [0.717, 1.165) is 58.4 Å². The van der Waals surface area contributed by atoms with Gasteiger partial charge in [0.25, 0.3) is 0 Å². The Bertz CT molecular complexity index is 1890. The number of aromatic nitrogens is 2. The van der Waals surface area contributed by atoms with Crippen molar-refractivity contribution in [3.63, 3.8) is 0 Å². The average Bonchev–Trinajstić information content (AvgIpc) is 3.73. The Hall–Kier alpha value is -3.71. The number of phenols is 1. The lowest BCUT2D eigenvalue weighted by Gasteiger charge is -2.34. The standard InChI is InChI=1S/C36H36ClF2N5O2/c1-2-25-29(38)9-6-21-14-24(45)15-26(30(21)25)31-28(37)16-27-33(32(31)39)41-35(42-34(27)44-17-22-7-8-23(18-44)40-22)46-20-36(10-11-36)19-43-12-4-3-5-13-43/h1,6,9,14-16,22-23,40,45H,3-5,7-8,10-13,17-20H2. The van der Waals surface area contributed by atoms with Crippen molar-refractivity contribution in [2.24, 2.45) is 5.41 Å². The van der Waals surface area contributed by atoms with Gasteiger partial charge in [0.1, 0.15) is 22.9 Å². The fourth-order valence-corrected chi connectivity index (χ4v) is 8.07. The lowest BCUT2D eigenvalue weighted by molar-refractivity contribution is 0.139. The van der Waals surface area contributed by atoms with Crippen LogP contribution < -0.4 is 15.0 Å². The summed E-state index contributed by atoms with van der Waals surface area (Å²) in [6.07, 6.45) is 13.8. The molecule has 0 spiro atoms. The number of piperazine rings is 1. The zero-order chi connectivity index (χ0) is 31.6. The molecule has 0 amide bonds. The minimum atomic E-state index is -0.706. The number of piperidine rings is 1. The number of halogens is 3. The van der Waals surface area contributed by atoms with Crippen LogP contribution >= 0.6 is 11.6 Å². The second-order valence-electron chi connectivity index (χ2n) is 13.6. The van der Waals surface area contributed by atoms with Crippen LogP contribution in [0.3, 0.4) is 0 Å². The molecule has 4 aliphatic rings. The molecule has 3 saturated heterocycles. The fraction of sp³-hybridized carbons (Fsp3) is 0.444. The Morgan fingerprint density at radius 1 is 1.07 bits per heavy atom. The van der Waals surface area contributed by atoms with E-state index < -0.39 is 11.6 Å². The largest absolute Gasteiger partial charge is 0.508 e. The number of nitrogens with zero attached hydrogens (tertiary/aromatic N) is 4. The molecule has 4 aromatic rings. The van der Waals surface area contributed by atoms with E-state index in [4.69, 9.17) is 27.7 Å². The molecular weight excluding hydrogens is 608 g/mol. The monoisotopic (exact) mass is 643 g/mol. The predicted octanol–water partition coefficient (Wildman–Crippen LogP) is 6.65. The van der Waals surface area contributed by atoms with Gasteiger partial charge < -0.3 is 25.0 Å². The number of likely N-dealkylation sites (tertiary alicyclic amines) is 1. The number of aromatic hydroxyl groups is 1. The summed E-state index contributed by atoms with van der Waals surface area (Å²) in [7, 11) is 0. The number of terminal acetylenes is 1. The molecule has 2 bridgehead atoms. The highest BCUT2D eigenvalue weighted by Gasteiger charge is 2.45. The van der Waals surface area contributed by atoms with Gasteiger partial charge in [0, 0.05) is 53.5 Å². The number of hydrogen-bond acceptors (Lipinski definition) is 7. The highest BCUT2D eigenvalue weighted by molar-refractivity contribution is 6.35. The van der Waals surface area contributed by atoms with Gasteiger partial charge in [-0.1, -0.05) is 30.0 Å². The highest BCUT2D eigenvalue weighted by Crippen LogP contribution is 2.48. The molecule has 2 unspecified atom stereocenters. The topological polar surface area (TPSA) is 73.8 Å². The maximum absolute atomic E-state index is 17.0. The third-order valence-corrected chi connectivity index (χ3v) is 10.6. The van der Waals surface area contributed by atoms with Gasteiger partial charge in [-0.2, -0.15) is 9.97 Å². The molecule has 3 aromatic carbocycles. The van der Waals surface area contributed by atoms with E-state index in [-0.39, 0.29) is 44.4 Å². The van der Waals surface area contributed by atoms with Crippen LogP contribution in [0, 0.1) is 29.4 Å². The van der Waals surface area contributed by atoms with Crippen LogP contribution in [-0.2, 0) is 0 Å². The van der Waals surface area contributed by atoms with E-state index in [1.807, 2.05) is 0 Å². The van der Waals surface area contributed by atoms with Gasteiger partial charge in [-0.25, -0.2) is 8.78 Å². The van der Waals surface area contributed by atoms with E-state index in [0.29, 0.717) is 40.7 Å². The number of nitrogens with one attached hydrogen (secondary N) is 1. The zero-order valence-corrected chi connectivity index (χ0v) is 26.3. The number of ether oxygens (including phenoxy) is 1. The van der Waals surface area contributed by atoms with Crippen molar-refractivity contribution in [2.45, 2.75) is 57.0 Å². The van der Waals surface area contributed by atoms with Crippen LogP contribution in [0.1, 0.15) is 50.5 Å². The minimum absolute atomic E-state index is 0.0168. The lowest BCUT2D eigenvalue weighted by atomic mass is 9.93. The Morgan fingerprint density at radius 3 is 2.54 bits per heavy atom. The van der Waals surface area contributed by atoms with Crippen molar-refractivity contribution in [3.8, 4) is 35.2 Å². The third kappa shape index (κ3) is 5.30. The maximum atomic E-state index is 17.0. The highest BCUT2D eigenvalue weighted by atomic mass is 35.5. The molecule has 1 aromatic heterocycles. The molecule has 7 nitrogen and oxygen atoms in total. The number of rotatable bonds is 7. The van der Waals surface area contributed by atoms with Gasteiger partial charge in [0.15, 0.2) is 5.82 Å². The first-order valence-corrected chi connectivity index (χ1v) is 16.7. The van der Waals surface area contributed by atoms with E-state index in [9.17, 15) is 9.50 Å². The number of hydrogen-bond donors (Lipinski definition) is 2. The molecule has 1 saturated carbocycles. The maximum Gasteiger partial charge on any atom is 0.319 e. The van der Waals surface area contributed by atoms with Crippen molar-refractivity contribution in [2.75, 3.05) is 44.2 Å². The van der Waals surface area contributed by atoms with E-state index >= 15 is 4.39 Å². The molecule has 0 radical (unpaired) electrons. The Kier molecular flexibility index (Phi) is 7.43. The summed E-state index contributed by atoms with van der Waals surface area (Å²) in [6, 6.07) is 8.01. The normalized spacial score (nSPS) is 22.3. The van der Waals surface area contributed by atoms with Gasteiger partial charge >= 0.3 is 6.01 Å². The molecule has 238 valence electrons. The van der Waals surface area contributed by atoms with Crippen molar-refractivity contribution in [1.82, 2.24) is 20.2 Å². The number of benzene rings is 3. The number of anilines is 1. The van der Waals surface area contributed by atoms with Crippen molar-refractivity contribution < 1.29 is 18.6 Å². The van der Waals surface area contributed by atoms with Gasteiger partial charge in [-0.3, -0.25) is 0 Å². The van der Waals surface area contributed by atoms with Crippen LogP contribution in [0.15, 0.2) is 30.3 Å². The summed E-state index contributed by atoms with van der Waals surface area (Å²) < 4.78 is 38.3. The second-order valence-corrected chi connectivity index (χ2v) is 14.0. The summed E-state index contributed by atoms with van der Waals surface area (Å²) >= 11 is 6.88. The van der Waals surface area contributed by atoms with E-state index in [2.05, 4.69) is 26.0 Å². The Balaban J connectivity index is 1.25. The first-order chi connectivity index (χ1) is 22.3. The Labute approximate surface area is 271 Å². The second kappa shape index (κ2) is 11.5. The van der Waals surface area contributed by atoms with Gasteiger partial charge in [0.2, 0.25) is 0 Å². The number of fused-ring (bicyclic) bond motifs is 4. The van der Waals surface area contributed by atoms with E-state index in [1.54, 1.807) is 6.07 Å². The Morgan fingerprint density at radius 2 is 1.83 bits per heavy atom. The van der Waals surface area contributed by atoms with Crippen molar-refractivity contribution in [1.29, 1.82) is 0 Å². The van der Waals surface area contributed by atoms with Gasteiger partial charge in [-0.15, -0.1) is 6.42 Å². The van der Waals surface area contributed by atoms with Crippen LogP contribution in [0.4, 0.5) is 14.6 Å². The molecular formula is C36H36ClF2N5O2. The summed E-state index contributed by atoms with van der Waals surface area (Å²) in [5, 5.41) is 15.6. The molecule has 2 N–H and O–H groups in total. The molecule has 4 fully saturated rings. The molecule has 8 rings (SSSR count). The molecule has 46 heavy (non-hydrogen) atoms. The van der Waals surface area contributed by atoms with Gasteiger partial charge in [0.05, 0.1) is 17.2 Å². The third-order valence-electron chi connectivity index (χ3n) is 10.3. The fourth-order valence-electron chi connectivity index (χ4n) is 7.78. The molecule has 1 aliphatic carbocycles. The smallest absolute Gasteiger partial charge is 0.319 e.